The Balaban J connectivity index is 2.76. The Hall–Kier alpha value is -1.32. The van der Waals surface area contributed by atoms with Crippen LogP contribution in [0.1, 0.15) is 18.9 Å². The van der Waals surface area contributed by atoms with Crippen LogP contribution in [-0.4, -0.2) is 26.9 Å². The molecule has 1 aromatic rings. The van der Waals surface area contributed by atoms with Crippen molar-refractivity contribution < 1.29 is 9.47 Å². The number of methoxy groups -OCH3 is 1. The molecule has 1 aromatic carbocycles. The largest absolute Gasteiger partial charge is 0.491 e. The first-order chi connectivity index (χ1) is 8.29. The van der Waals surface area contributed by atoms with Crippen molar-refractivity contribution >= 4 is 5.57 Å². The van der Waals surface area contributed by atoms with Crippen molar-refractivity contribution in [3.63, 3.8) is 0 Å². The van der Waals surface area contributed by atoms with Gasteiger partial charge in [0.2, 0.25) is 0 Å². The normalized spacial score (nSPS) is 11.6. The summed E-state index contributed by atoms with van der Waals surface area (Å²) in [5.74, 6) is 0.898. The van der Waals surface area contributed by atoms with Gasteiger partial charge < -0.3 is 15.2 Å². The summed E-state index contributed by atoms with van der Waals surface area (Å²) in [6.07, 6.45) is 3.02. The highest BCUT2D eigenvalue weighted by atomic mass is 16.5. The van der Waals surface area contributed by atoms with Gasteiger partial charge in [-0.3, -0.25) is 0 Å². The van der Waals surface area contributed by atoms with Crippen molar-refractivity contribution in [3.8, 4) is 5.75 Å². The average molecular weight is 235 g/mol. The summed E-state index contributed by atoms with van der Waals surface area (Å²) in [4.78, 5) is 0. The van der Waals surface area contributed by atoms with E-state index in [-0.39, 0.29) is 0 Å². The summed E-state index contributed by atoms with van der Waals surface area (Å²) in [5, 5.41) is 0. The van der Waals surface area contributed by atoms with E-state index in [1.165, 1.54) is 5.57 Å². The lowest BCUT2D eigenvalue weighted by Gasteiger charge is -2.11. The summed E-state index contributed by atoms with van der Waals surface area (Å²) in [6.45, 7) is 3.91. The second-order valence-electron chi connectivity index (χ2n) is 3.80. The lowest BCUT2D eigenvalue weighted by atomic mass is 10.1. The number of hydrogen-bond acceptors (Lipinski definition) is 3. The number of hydrogen-bond donors (Lipinski definition) is 1. The standard InChI is InChI=1S/C14H21NO2/c1-12(6-5-9-15)13-7-3-4-8-14(13)17-11-10-16-2/h3-4,6-8H,5,9-11,15H2,1-2H3/b12-6+. The van der Waals surface area contributed by atoms with Gasteiger partial charge in [-0.15, -0.1) is 0 Å². The van der Waals surface area contributed by atoms with Crippen LogP contribution in [0.5, 0.6) is 5.75 Å². The fraction of sp³-hybridized carbons (Fsp3) is 0.429. The van der Waals surface area contributed by atoms with Crippen LogP contribution >= 0.6 is 0 Å². The summed E-state index contributed by atoms with van der Waals surface area (Å²) in [7, 11) is 1.67. The molecule has 0 unspecified atom stereocenters. The fourth-order valence-electron chi connectivity index (χ4n) is 1.56. The van der Waals surface area contributed by atoms with Crippen LogP contribution in [0.15, 0.2) is 30.3 Å². The maximum Gasteiger partial charge on any atom is 0.126 e. The molecule has 0 aliphatic heterocycles. The molecule has 94 valence electrons. The van der Waals surface area contributed by atoms with E-state index in [1.54, 1.807) is 7.11 Å². The van der Waals surface area contributed by atoms with Crippen molar-refractivity contribution in [2.45, 2.75) is 13.3 Å². The van der Waals surface area contributed by atoms with E-state index in [4.69, 9.17) is 15.2 Å². The van der Waals surface area contributed by atoms with Gasteiger partial charge in [-0.05, 0) is 31.5 Å². The smallest absolute Gasteiger partial charge is 0.126 e. The molecule has 0 fully saturated rings. The summed E-state index contributed by atoms with van der Waals surface area (Å²) in [6, 6.07) is 8.02. The number of allylic oxidation sites excluding steroid dienone is 1. The molecular weight excluding hydrogens is 214 g/mol. The SMILES string of the molecule is COCCOc1ccccc1/C(C)=C/CCN. The van der Waals surface area contributed by atoms with Crippen molar-refractivity contribution in [2.24, 2.45) is 5.73 Å². The Kier molecular flexibility index (Phi) is 6.37. The summed E-state index contributed by atoms with van der Waals surface area (Å²) in [5.41, 5.74) is 7.82. The molecule has 3 nitrogen and oxygen atoms in total. The van der Waals surface area contributed by atoms with Crippen LogP contribution in [0.3, 0.4) is 0 Å². The quantitative estimate of drug-likeness (QED) is 0.738. The Bertz CT molecular complexity index is 361. The van der Waals surface area contributed by atoms with Crippen LogP contribution in [0.4, 0.5) is 0 Å². The molecule has 0 spiro atoms. The molecule has 0 aliphatic rings. The van der Waals surface area contributed by atoms with Crippen LogP contribution in [0.2, 0.25) is 0 Å². The molecule has 2 N–H and O–H groups in total. The fourth-order valence-corrected chi connectivity index (χ4v) is 1.56. The third kappa shape index (κ3) is 4.59. The maximum absolute atomic E-state index is 5.68. The van der Waals surface area contributed by atoms with Gasteiger partial charge >= 0.3 is 0 Å². The molecule has 0 saturated carbocycles. The Morgan fingerprint density at radius 1 is 1.29 bits per heavy atom. The molecule has 1 rings (SSSR count). The third-order valence-electron chi connectivity index (χ3n) is 2.47. The second-order valence-corrected chi connectivity index (χ2v) is 3.80. The third-order valence-corrected chi connectivity index (χ3v) is 2.47. The zero-order chi connectivity index (χ0) is 12.5. The predicted octanol–water partition coefficient (Wildman–Crippen LogP) is 2.46. The zero-order valence-electron chi connectivity index (χ0n) is 10.6. The Morgan fingerprint density at radius 3 is 2.76 bits per heavy atom. The van der Waals surface area contributed by atoms with E-state index >= 15 is 0 Å². The molecule has 0 saturated heterocycles. The molecule has 0 atom stereocenters. The lowest BCUT2D eigenvalue weighted by molar-refractivity contribution is 0.146. The minimum atomic E-state index is 0.567. The van der Waals surface area contributed by atoms with E-state index in [0.29, 0.717) is 19.8 Å². The highest BCUT2D eigenvalue weighted by Crippen LogP contribution is 2.25. The molecule has 0 aliphatic carbocycles. The van der Waals surface area contributed by atoms with Gasteiger partial charge in [0.15, 0.2) is 0 Å². The van der Waals surface area contributed by atoms with Crippen LogP contribution < -0.4 is 10.5 Å². The van der Waals surface area contributed by atoms with Gasteiger partial charge in [0.1, 0.15) is 12.4 Å². The van der Waals surface area contributed by atoms with Crippen LogP contribution in [0.25, 0.3) is 5.57 Å². The van der Waals surface area contributed by atoms with Crippen molar-refractivity contribution in [1.29, 1.82) is 0 Å². The first-order valence-electron chi connectivity index (χ1n) is 5.87. The highest BCUT2D eigenvalue weighted by Gasteiger charge is 2.04. The number of benzene rings is 1. The minimum absolute atomic E-state index is 0.567. The Labute approximate surface area is 103 Å². The van der Waals surface area contributed by atoms with Crippen LogP contribution in [0, 0.1) is 0 Å². The number of ether oxygens (including phenoxy) is 2. The van der Waals surface area contributed by atoms with Gasteiger partial charge in [-0.2, -0.15) is 0 Å². The molecule has 0 radical (unpaired) electrons. The molecule has 0 heterocycles. The van der Waals surface area contributed by atoms with E-state index in [9.17, 15) is 0 Å². The molecular formula is C14H21NO2. The Morgan fingerprint density at radius 2 is 2.06 bits per heavy atom. The molecule has 0 bridgehead atoms. The van der Waals surface area contributed by atoms with E-state index in [0.717, 1.165) is 17.7 Å². The van der Waals surface area contributed by atoms with Gasteiger partial charge in [0.25, 0.3) is 0 Å². The number of nitrogens with two attached hydrogens (primary N) is 1. The van der Waals surface area contributed by atoms with Gasteiger partial charge in [-0.1, -0.05) is 24.3 Å². The molecule has 3 heteroatoms. The lowest BCUT2D eigenvalue weighted by Crippen LogP contribution is -2.05. The maximum atomic E-state index is 5.68. The topological polar surface area (TPSA) is 44.5 Å². The minimum Gasteiger partial charge on any atom is -0.491 e. The molecule has 0 aromatic heterocycles. The van der Waals surface area contributed by atoms with E-state index < -0.39 is 0 Å². The van der Waals surface area contributed by atoms with Gasteiger partial charge in [0, 0.05) is 12.7 Å². The molecule has 0 amide bonds. The predicted molar refractivity (Wildman–Crippen MR) is 71.1 cm³/mol. The number of rotatable bonds is 7. The first-order valence-corrected chi connectivity index (χ1v) is 5.87. The molecule has 17 heavy (non-hydrogen) atoms. The van der Waals surface area contributed by atoms with E-state index in [2.05, 4.69) is 19.1 Å². The van der Waals surface area contributed by atoms with Gasteiger partial charge in [-0.25, -0.2) is 0 Å². The zero-order valence-corrected chi connectivity index (χ0v) is 10.6. The van der Waals surface area contributed by atoms with Crippen molar-refractivity contribution in [2.75, 3.05) is 26.9 Å². The first kappa shape index (κ1) is 13.7. The van der Waals surface area contributed by atoms with Gasteiger partial charge in [0.05, 0.1) is 6.61 Å². The number of para-hydroxylation sites is 1. The average Bonchev–Trinajstić information content (AvgIpc) is 2.37. The summed E-state index contributed by atoms with van der Waals surface area (Å²) >= 11 is 0. The van der Waals surface area contributed by atoms with E-state index in [1.807, 2.05) is 18.2 Å². The monoisotopic (exact) mass is 235 g/mol. The van der Waals surface area contributed by atoms with Crippen molar-refractivity contribution in [1.82, 2.24) is 0 Å². The highest BCUT2D eigenvalue weighted by molar-refractivity contribution is 5.68. The second kappa shape index (κ2) is 7.87. The van der Waals surface area contributed by atoms with Crippen molar-refractivity contribution in [3.05, 3.63) is 35.9 Å². The van der Waals surface area contributed by atoms with Crippen LogP contribution in [-0.2, 0) is 4.74 Å². The summed E-state index contributed by atoms with van der Waals surface area (Å²) < 4.78 is 10.7.